The van der Waals surface area contributed by atoms with Gasteiger partial charge in [-0.25, -0.2) is 0 Å². The Kier molecular flexibility index (Phi) is 6.22. The van der Waals surface area contributed by atoms with Crippen LogP contribution in [0.2, 0.25) is 0 Å². The van der Waals surface area contributed by atoms with Crippen LogP contribution in [-0.2, 0) is 4.79 Å². The number of hydrogen-bond acceptors (Lipinski definition) is 3. The van der Waals surface area contributed by atoms with Gasteiger partial charge in [-0.05, 0) is 44.1 Å². The predicted octanol–water partition coefficient (Wildman–Crippen LogP) is 2.67. The number of thioether (sulfide) groups is 1. The molecule has 0 aliphatic heterocycles. The van der Waals surface area contributed by atoms with Crippen LogP contribution in [0.15, 0.2) is 12.1 Å². The summed E-state index contributed by atoms with van der Waals surface area (Å²) in [5, 5.41) is 11.6. The van der Waals surface area contributed by atoms with Gasteiger partial charge in [-0.1, -0.05) is 17.7 Å². The molecule has 0 atom stereocenters. The molecule has 1 rings (SSSR count). The molecule has 0 saturated heterocycles. The molecule has 1 aromatic rings. The number of aliphatic hydroxyl groups excluding tert-OH is 1. The Balaban J connectivity index is 2.54. The average Bonchev–Trinajstić information content (AvgIpc) is 2.29. The average molecular weight is 267 g/mol. The van der Waals surface area contributed by atoms with E-state index in [4.69, 9.17) is 5.11 Å². The second-order valence-corrected chi connectivity index (χ2v) is 5.56. The molecule has 0 saturated carbocycles. The topological polar surface area (TPSA) is 49.3 Å². The van der Waals surface area contributed by atoms with E-state index < -0.39 is 0 Å². The van der Waals surface area contributed by atoms with Crippen molar-refractivity contribution in [2.45, 2.75) is 27.2 Å². The number of amides is 1. The van der Waals surface area contributed by atoms with Gasteiger partial charge in [-0.2, -0.15) is 11.8 Å². The third-order valence-electron chi connectivity index (χ3n) is 2.62. The lowest BCUT2D eigenvalue weighted by molar-refractivity contribution is -0.113. The van der Waals surface area contributed by atoms with Gasteiger partial charge in [0, 0.05) is 12.3 Å². The van der Waals surface area contributed by atoms with Gasteiger partial charge in [0.25, 0.3) is 0 Å². The third kappa shape index (κ3) is 4.70. The van der Waals surface area contributed by atoms with Crippen molar-refractivity contribution in [2.75, 3.05) is 23.4 Å². The van der Waals surface area contributed by atoms with Crippen LogP contribution in [0.5, 0.6) is 0 Å². The highest BCUT2D eigenvalue weighted by Crippen LogP contribution is 2.22. The van der Waals surface area contributed by atoms with Crippen LogP contribution >= 0.6 is 11.8 Å². The molecule has 1 aromatic carbocycles. The Labute approximate surface area is 113 Å². The van der Waals surface area contributed by atoms with E-state index in [-0.39, 0.29) is 12.5 Å². The predicted molar refractivity (Wildman–Crippen MR) is 78.3 cm³/mol. The van der Waals surface area contributed by atoms with Crippen molar-refractivity contribution in [1.82, 2.24) is 0 Å². The first-order valence-electron chi connectivity index (χ1n) is 6.11. The standard InChI is InChI=1S/C14H21NO2S/c1-10-7-11(2)14(12(3)8-10)15-13(17)9-18-6-4-5-16/h7-8,16H,4-6,9H2,1-3H3,(H,15,17). The molecular formula is C14H21NO2S. The van der Waals surface area contributed by atoms with Crippen LogP contribution in [-0.4, -0.2) is 29.1 Å². The van der Waals surface area contributed by atoms with Gasteiger partial charge in [0.1, 0.15) is 0 Å². The highest BCUT2D eigenvalue weighted by molar-refractivity contribution is 7.99. The van der Waals surface area contributed by atoms with E-state index >= 15 is 0 Å². The van der Waals surface area contributed by atoms with Crippen LogP contribution in [0, 0.1) is 20.8 Å². The van der Waals surface area contributed by atoms with Crippen LogP contribution in [0.3, 0.4) is 0 Å². The van der Waals surface area contributed by atoms with Gasteiger partial charge >= 0.3 is 0 Å². The summed E-state index contributed by atoms with van der Waals surface area (Å²) in [6.07, 6.45) is 0.737. The van der Waals surface area contributed by atoms with Crippen molar-refractivity contribution in [2.24, 2.45) is 0 Å². The van der Waals surface area contributed by atoms with Gasteiger partial charge in [0.05, 0.1) is 5.75 Å². The van der Waals surface area contributed by atoms with Crippen molar-refractivity contribution < 1.29 is 9.90 Å². The normalized spacial score (nSPS) is 10.4. The summed E-state index contributed by atoms with van der Waals surface area (Å²) >= 11 is 1.55. The monoisotopic (exact) mass is 267 g/mol. The first kappa shape index (κ1) is 15.1. The molecule has 0 spiro atoms. The number of carbonyl (C=O) groups is 1. The van der Waals surface area contributed by atoms with Crippen LogP contribution in [0.1, 0.15) is 23.1 Å². The fourth-order valence-corrected chi connectivity index (χ4v) is 2.62. The Morgan fingerprint density at radius 3 is 2.44 bits per heavy atom. The number of aryl methyl sites for hydroxylation is 3. The quantitative estimate of drug-likeness (QED) is 0.779. The molecule has 0 heterocycles. The minimum Gasteiger partial charge on any atom is -0.396 e. The Morgan fingerprint density at radius 1 is 1.28 bits per heavy atom. The molecule has 0 aliphatic carbocycles. The molecule has 2 N–H and O–H groups in total. The SMILES string of the molecule is Cc1cc(C)c(NC(=O)CSCCCO)c(C)c1. The Bertz CT molecular complexity index is 395. The maximum absolute atomic E-state index is 11.8. The van der Waals surface area contributed by atoms with Crippen molar-refractivity contribution in [3.63, 3.8) is 0 Å². The number of hydrogen-bond donors (Lipinski definition) is 2. The van der Waals surface area contributed by atoms with Crippen LogP contribution in [0.25, 0.3) is 0 Å². The molecule has 0 aromatic heterocycles. The van der Waals surface area contributed by atoms with E-state index in [0.29, 0.717) is 5.75 Å². The molecular weight excluding hydrogens is 246 g/mol. The molecule has 100 valence electrons. The molecule has 3 nitrogen and oxygen atoms in total. The fourth-order valence-electron chi connectivity index (χ4n) is 1.88. The van der Waals surface area contributed by atoms with E-state index in [2.05, 4.69) is 24.4 Å². The Hall–Kier alpha value is -1.00. The van der Waals surface area contributed by atoms with Crippen LogP contribution in [0.4, 0.5) is 5.69 Å². The fraction of sp³-hybridized carbons (Fsp3) is 0.500. The zero-order valence-electron chi connectivity index (χ0n) is 11.2. The van der Waals surface area contributed by atoms with Gasteiger partial charge < -0.3 is 10.4 Å². The molecule has 18 heavy (non-hydrogen) atoms. The number of aliphatic hydroxyl groups is 1. The lowest BCUT2D eigenvalue weighted by Crippen LogP contribution is -2.16. The zero-order chi connectivity index (χ0) is 13.5. The van der Waals surface area contributed by atoms with Crippen molar-refractivity contribution >= 4 is 23.4 Å². The van der Waals surface area contributed by atoms with Crippen molar-refractivity contribution in [3.05, 3.63) is 28.8 Å². The van der Waals surface area contributed by atoms with Crippen molar-refractivity contribution in [1.29, 1.82) is 0 Å². The molecule has 4 heteroatoms. The summed E-state index contributed by atoms with van der Waals surface area (Å²) in [7, 11) is 0. The van der Waals surface area contributed by atoms with Crippen molar-refractivity contribution in [3.8, 4) is 0 Å². The zero-order valence-corrected chi connectivity index (χ0v) is 12.1. The second-order valence-electron chi connectivity index (χ2n) is 4.45. The molecule has 0 bridgehead atoms. The van der Waals surface area contributed by atoms with E-state index in [1.54, 1.807) is 11.8 Å². The van der Waals surface area contributed by atoms with E-state index in [1.807, 2.05) is 13.8 Å². The lowest BCUT2D eigenvalue weighted by atomic mass is 10.1. The van der Waals surface area contributed by atoms with Gasteiger partial charge in [0.2, 0.25) is 5.91 Å². The van der Waals surface area contributed by atoms with Crippen LogP contribution < -0.4 is 5.32 Å². The lowest BCUT2D eigenvalue weighted by Gasteiger charge is -2.12. The first-order chi connectivity index (χ1) is 8.54. The van der Waals surface area contributed by atoms with Gasteiger partial charge in [0.15, 0.2) is 0 Å². The first-order valence-corrected chi connectivity index (χ1v) is 7.26. The summed E-state index contributed by atoms with van der Waals surface area (Å²) in [5.41, 5.74) is 4.33. The molecule has 0 radical (unpaired) electrons. The maximum atomic E-state index is 11.8. The summed E-state index contributed by atoms with van der Waals surface area (Å²) in [5.74, 6) is 1.27. The number of rotatable bonds is 6. The third-order valence-corrected chi connectivity index (χ3v) is 3.67. The smallest absolute Gasteiger partial charge is 0.234 e. The summed E-state index contributed by atoms with van der Waals surface area (Å²) in [4.78, 5) is 11.8. The summed E-state index contributed by atoms with van der Waals surface area (Å²) in [6.45, 7) is 6.25. The molecule has 0 fully saturated rings. The molecule has 1 amide bonds. The minimum atomic E-state index is 0.0213. The molecule has 0 unspecified atom stereocenters. The number of carbonyl (C=O) groups excluding carboxylic acids is 1. The maximum Gasteiger partial charge on any atom is 0.234 e. The van der Waals surface area contributed by atoms with E-state index in [1.165, 1.54) is 5.56 Å². The summed E-state index contributed by atoms with van der Waals surface area (Å²) in [6, 6.07) is 4.14. The minimum absolute atomic E-state index is 0.0213. The Morgan fingerprint density at radius 2 is 1.89 bits per heavy atom. The second kappa shape index (κ2) is 7.44. The van der Waals surface area contributed by atoms with Gasteiger partial charge in [-0.15, -0.1) is 0 Å². The summed E-state index contributed by atoms with van der Waals surface area (Å²) < 4.78 is 0. The van der Waals surface area contributed by atoms with E-state index in [0.717, 1.165) is 29.0 Å². The number of benzene rings is 1. The highest BCUT2D eigenvalue weighted by Gasteiger charge is 2.08. The van der Waals surface area contributed by atoms with E-state index in [9.17, 15) is 4.79 Å². The number of anilines is 1. The highest BCUT2D eigenvalue weighted by atomic mass is 32.2. The largest absolute Gasteiger partial charge is 0.396 e. The molecule has 0 aliphatic rings. The number of nitrogens with one attached hydrogen (secondary N) is 1. The van der Waals surface area contributed by atoms with Gasteiger partial charge in [-0.3, -0.25) is 4.79 Å².